The fourth-order valence-electron chi connectivity index (χ4n) is 1.79. The van der Waals surface area contributed by atoms with Crippen LogP contribution >= 0.6 is 0 Å². The second-order valence-electron chi connectivity index (χ2n) is 3.66. The lowest BCUT2D eigenvalue weighted by Crippen LogP contribution is -2.00. The van der Waals surface area contributed by atoms with Crippen LogP contribution in [0.25, 0.3) is 5.69 Å². The van der Waals surface area contributed by atoms with E-state index >= 15 is 0 Å². The van der Waals surface area contributed by atoms with Gasteiger partial charge in [0.15, 0.2) is 0 Å². The summed E-state index contributed by atoms with van der Waals surface area (Å²) in [6.45, 7) is 6.38. The van der Waals surface area contributed by atoms with Crippen molar-refractivity contribution in [2.24, 2.45) is 0 Å². The van der Waals surface area contributed by atoms with Gasteiger partial charge in [-0.05, 0) is 50.6 Å². The molecule has 0 N–H and O–H groups in total. The van der Waals surface area contributed by atoms with Crippen molar-refractivity contribution < 1.29 is 0 Å². The zero-order valence-electron chi connectivity index (χ0n) is 8.83. The molecule has 2 rings (SSSR count). The van der Waals surface area contributed by atoms with E-state index in [4.69, 9.17) is 0 Å². The molecular weight excluding hydrogens is 170 g/mol. The van der Waals surface area contributed by atoms with E-state index in [2.05, 4.69) is 49.6 Å². The quantitative estimate of drug-likeness (QED) is 0.641. The minimum Gasteiger partial charge on any atom is -0.318 e. The number of aromatic nitrogens is 1. The number of hydrogen-bond donors (Lipinski definition) is 0. The average molecular weight is 184 g/mol. The highest BCUT2D eigenvalue weighted by Gasteiger charge is 2.04. The first kappa shape index (κ1) is 9.07. The molecule has 0 spiro atoms. The van der Waals surface area contributed by atoms with Gasteiger partial charge in [0.25, 0.3) is 0 Å². The van der Waals surface area contributed by atoms with Crippen molar-refractivity contribution in [1.82, 2.24) is 4.57 Å². The molecular formula is C13H14N. The summed E-state index contributed by atoms with van der Waals surface area (Å²) >= 11 is 0. The number of benzene rings is 1. The van der Waals surface area contributed by atoms with Gasteiger partial charge in [-0.25, -0.2) is 0 Å². The van der Waals surface area contributed by atoms with Crippen LogP contribution in [0.4, 0.5) is 0 Å². The first-order chi connectivity index (χ1) is 6.70. The van der Waals surface area contributed by atoms with Crippen LogP contribution in [-0.2, 0) is 0 Å². The molecule has 0 aliphatic carbocycles. The van der Waals surface area contributed by atoms with E-state index in [-0.39, 0.29) is 0 Å². The molecule has 0 aliphatic heterocycles. The molecule has 0 atom stereocenters. The van der Waals surface area contributed by atoms with E-state index in [0.717, 1.165) is 0 Å². The molecule has 0 saturated carbocycles. The summed E-state index contributed by atoms with van der Waals surface area (Å²) < 4.78 is 2.26. The van der Waals surface area contributed by atoms with Crippen LogP contribution in [0, 0.1) is 26.8 Å². The third kappa shape index (κ3) is 1.35. The monoisotopic (exact) mass is 184 g/mol. The molecule has 0 unspecified atom stereocenters. The van der Waals surface area contributed by atoms with E-state index in [9.17, 15) is 0 Å². The summed E-state index contributed by atoms with van der Waals surface area (Å²) in [7, 11) is 0. The molecule has 0 saturated heterocycles. The maximum Gasteiger partial charge on any atom is 0.0490 e. The molecule has 0 fully saturated rings. The molecule has 1 aromatic carbocycles. The lowest BCUT2D eigenvalue weighted by Gasteiger charge is -2.11. The Morgan fingerprint density at radius 1 is 1.00 bits per heavy atom. The molecule has 1 heteroatoms. The van der Waals surface area contributed by atoms with Gasteiger partial charge in [-0.1, -0.05) is 12.1 Å². The summed E-state index contributed by atoms with van der Waals surface area (Å²) in [5, 5.41) is 0. The Morgan fingerprint density at radius 3 is 2.21 bits per heavy atom. The van der Waals surface area contributed by atoms with Crippen LogP contribution in [0.15, 0.2) is 30.3 Å². The smallest absolute Gasteiger partial charge is 0.0490 e. The zero-order valence-corrected chi connectivity index (χ0v) is 8.83. The number of hydrogen-bond acceptors (Lipinski definition) is 0. The minimum absolute atomic E-state index is 1.23. The molecule has 0 bridgehead atoms. The van der Waals surface area contributed by atoms with Gasteiger partial charge in [0.05, 0.1) is 0 Å². The summed E-state index contributed by atoms with van der Waals surface area (Å²) in [4.78, 5) is 0. The fourth-order valence-corrected chi connectivity index (χ4v) is 1.79. The van der Waals surface area contributed by atoms with Crippen LogP contribution in [0.2, 0.25) is 0 Å². The second-order valence-corrected chi connectivity index (χ2v) is 3.66. The fraction of sp³-hybridized carbons (Fsp3) is 0.231. The number of rotatable bonds is 1. The van der Waals surface area contributed by atoms with E-state index in [1.807, 2.05) is 12.1 Å². The first-order valence-electron chi connectivity index (χ1n) is 4.82. The van der Waals surface area contributed by atoms with Crippen LogP contribution < -0.4 is 0 Å². The molecule has 71 valence electrons. The van der Waals surface area contributed by atoms with E-state index in [0.29, 0.717) is 0 Å². The minimum atomic E-state index is 1.23. The highest BCUT2D eigenvalue weighted by molar-refractivity contribution is 5.43. The Bertz CT molecular complexity index is 433. The van der Waals surface area contributed by atoms with Crippen LogP contribution in [0.3, 0.4) is 0 Å². The van der Waals surface area contributed by atoms with Gasteiger partial charge < -0.3 is 4.57 Å². The topological polar surface area (TPSA) is 4.93 Å². The maximum absolute atomic E-state index is 3.12. The van der Waals surface area contributed by atoms with Gasteiger partial charge in [-0.2, -0.15) is 0 Å². The molecule has 2 aromatic rings. The SMILES string of the molecule is Cc1cc[c]cc1-n1c(C)ccc1C. The Labute approximate surface area is 85.0 Å². The second kappa shape index (κ2) is 3.33. The highest BCUT2D eigenvalue weighted by Crippen LogP contribution is 2.18. The van der Waals surface area contributed by atoms with E-state index < -0.39 is 0 Å². The predicted molar refractivity (Wildman–Crippen MR) is 58.8 cm³/mol. The zero-order chi connectivity index (χ0) is 10.1. The standard InChI is InChI=1S/C13H14N/c1-10-6-4-5-7-13(10)14-11(2)8-9-12(14)3/h4,6-9H,1-3H3. The largest absolute Gasteiger partial charge is 0.318 e. The molecule has 1 heterocycles. The summed E-state index contributed by atoms with van der Waals surface area (Å²) in [6, 6.07) is 13.5. The van der Waals surface area contributed by atoms with Gasteiger partial charge in [-0.15, -0.1) is 0 Å². The van der Waals surface area contributed by atoms with E-state index in [1.54, 1.807) is 0 Å². The summed E-state index contributed by atoms with van der Waals surface area (Å²) in [5.74, 6) is 0. The van der Waals surface area contributed by atoms with E-state index in [1.165, 1.54) is 22.6 Å². The molecule has 1 nitrogen and oxygen atoms in total. The molecule has 1 radical (unpaired) electrons. The number of nitrogens with zero attached hydrogens (tertiary/aromatic N) is 1. The first-order valence-corrected chi connectivity index (χ1v) is 4.82. The Morgan fingerprint density at radius 2 is 1.64 bits per heavy atom. The highest BCUT2D eigenvalue weighted by atomic mass is 15.0. The normalized spacial score (nSPS) is 10.5. The van der Waals surface area contributed by atoms with Crippen molar-refractivity contribution in [2.45, 2.75) is 20.8 Å². The number of aryl methyl sites for hydroxylation is 3. The summed E-state index contributed by atoms with van der Waals surface area (Å²) in [6.07, 6.45) is 0. The lowest BCUT2D eigenvalue weighted by atomic mass is 10.2. The Balaban J connectivity index is 2.66. The molecule has 14 heavy (non-hydrogen) atoms. The van der Waals surface area contributed by atoms with Gasteiger partial charge in [0, 0.05) is 17.1 Å². The van der Waals surface area contributed by atoms with Crippen molar-refractivity contribution in [3.8, 4) is 5.69 Å². The van der Waals surface area contributed by atoms with Gasteiger partial charge in [0.1, 0.15) is 0 Å². The molecule has 1 aromatic heterocycles. The van der Waals surface area contributed by atoms with Crippen molar-refractivity contribution in [3.63, 3.8) is 0 Å². The van der Waals surface area contributed by atoms with Gasteiger partial charge in [-0.3, -0.25) is 0 Å². The third-order valence-corrected chi connectivity index (χ3v) is 2.57. The van der Waals surface area contributed by atoms with Crippen LogP contribution in [0.5, 0.6) is 0 Å². The van der Waals surface area contributed by atoms with Crippen molar-refractivity contribution >= 4 is 0 Å². The Kier molecular flexibility index (Phi) is 2.16. The summed E-state index contributed by atoms with van der Waals surface area (Å²) in [5.41, 5.74) is 5.05. The maximum atomic E-state index is 3.12. The van der Waals surface area contributed by atoms with Gasteiger partial charge >= 0.3 is 0 Å². The van der Waals surface area contributed by atoms with Gasteiger partial charge in [0.2, 0.25) is 0 Å². The molecule has 0 aliphatic rings. The third-order valence-electron chi connectivity index (χ3n) is 2.57. The lowest BCUT2D eigenvalue weighted by molar-refractivity contribution is 0.955. The average Bonchev–Trinajstić information content (AvgIpc) is 2.48. The van der Waals surface area contributed by atoms with Crippen molar-refractivity contribution in [2.75, 3.05) is 0 Å². The molecule has 0 amide bonds. The Hall–Kier alpha value is -1.50. The van der Waals surface area contributed by atoms with Crippen molar-refractivity contribution in [3.05, 3.63) is 53.3 Å². The van der Waals surface area contributed by atoms with Crippen molar-refractivity contribution in [1.29, 1.82) is 0 Å². The van der Waals surface area contributed by atoms with Crippen LogP contribution in [0.1, 0.15) is 17.0 Å². The van der Waals surface area contributed by atoms with Crippen LogP contribution in [-0.4, -0.2) is 4.57 Å². The predicted octanol–water partition coefficient (Wildman–Crippen LogP) is 3.20.